The van der Waals surface area contributed by atoms with Crippen molar-refractivity contribution in [3.05, 3.63) is 64.6 Å². The molecule has 132 valence electrons. The third kappa shape index (κ3) is 3.21. The Morgan fingerprint density at radius 3 is 2.62 bits per heavy atom. The molecule has 2 heterocycles. The fourth-order valence-electron chi connectivity index (χ4n) is 2.42. The third-order valence-electron chi connectivity index (χ3n) is 3.55. The molecule has 0 unspecified atom stereocenters. The van der Waals surface area contributed by atoms with E-state index in [1.807, 2.05) is 6.07 Å². The van der Waals surface area contributed by atoms with Gasteiger partial charge in [0.1, 0.15) is 11.9 Å². The van der Waals surface area contributed by atoms with E-state index in [0.717, 1.165) is 6.07 Å². The average molecular weight is 360 g/mol. The molecule has 0 radical (unpaired) electrons. The SMILES string of the molecule is CCOC(=O)c1cn2cc(C#N)nc(Cc3cc(F)c(F)cc3F)c2n1. The molecule has 0 bridgehead atoms. The van der Waals surface area contributed by atoms with E-state index in [4.69, 9.17) is 10.00 Å². The van der Waals surface area contributed by atoms with Gasteiger partial charge in [0.25, 0.3) is 0 Å². The molecule has 1 aromatic carbocycles. The number of ether oxygens (including phenoxy) is 1. The number of benzene rings is 1. The molecule has 3 rings (SSSR count). The maximum Gasteiger partial charge on any atom is 0.358 e. The van der Waals surface area contributed by atoms with Gasteiger partial charge in [0.05, 0.1) is 12.3 Å². The summed E-state index contributed by atoms with van der Waals surface area (Å²) >= 11 is 0. The second kappa shape index (κ2) is 6.84. The number of carbonyl (C=O) groups excluding carboxylic acids is 1. The van der Waals surface area contributed by atoms with Crippen molar-refractivity contribution in [2.75, 3.05) is 6.61 Å². The monoisotopic (exact) mass is 360 g/mol. The highest BCUT2D eigenvalue weighted by atomic mass is 19.2. The van der Waals surface area contributed by atoms with Crippen LogP contribution in [0.5, 0.6) is 0 Å². The lowest BCUT2D eigenvalue weighted by atomic mass is 10.1. The van der Waals surface area contributed by atoms with Crippen LogP contribution in [0.4, 0.5) is 13.2 Å². The molecule has 0 atom stereocenters. The van der Waals surface area contributed by atoms with Crippen LogP contribution in [0, 0.1) is 28.8 Å². The normalized spacial score (nSPS) is 10.7. The van der Waals surface area contributed by atoms with E-state index in [-0.39, 0.29) is 41.3 Å². The highest BCUT2D eigenvalue weighted by molar-refractivity contribution is 5.88. The second-order valence-corrected chi connectivity index (χ2v) is 5.30. The molecule has 3 aromatic rings. The van der Waals surface area contributed by atoms with Gasteiger partial charge in [-0.25, -0.2) is 27.9 Å². The molecule has 9 heteroatoms. The van der Waals surface area contributed by atoms with E-state index in [2.05, 4.69) is 9.97 Å². The molecular weight excluding hydrogens is 349 g/mol. The van der Waals surface area contributed by atoms with Gasteiger partial charge in [0.2, 0.25) is 0 Å². The number of fused-ring (bicyclic) bond motifs is 1. The minimum atomic E-state index is -1.31. The maximum atomic E-state index is 13.9. The number of esters is 1. The molecule has 0 aliphatic heterocycles. The van der Waals surface area contributed by atoms with Crippen LogP contribution in [0.2, 0.25) is 0 Å². The summed E-state index contributed by atoms with van der Waals surface area (Å²) in [5, 5.41) is 9.10. The Morgan fingerprint density at radius 1 is 1.19 bits per heavy atom. The zero-order valence-electron chi connectivity index (χ0n) is 13.5. The summed E-state index contributed by atoms with van der Waals surface area (Å²) in [7, 11) is 0. The van der Waals surface area contributed by atoms with Gasteiger partial charge in [-0.15, -0.1) is 0 Å². The van der Waals surface area contributed by atoms with Gasteiger partial charge in [-0.05, 0) is 18.6 Å². The fraction of sp³-hybridized carbons (Fsp3) is 0.176. The number of imidazole rings is 1. The standard InChI is InChI=1S/C17H11F3N4O2/c1-2-26-17(25)15-8-24-7-10(6-21)22-14(16(24)23-15)4-9-3-12(19)13(20)5-11(9)18/h3,5,7-8H,2,4H2,1H3. The highest BCUT2D eigenvalue weighted by Crippen LogP contribution is 2.20. The Kier molecular flexibility index (Phi) is 4.58. The molecule has 0 saturated heterocycles. The smallest absolute Gasteiger partial charge is 0.358 e. The molecule has 0 N–H and O–H groups in total. The Hall–Kier alpha value is -3.41. The number of nitriles is 1. The molecule has 0 aliphatic rings. The lowest BCUT2D eigenvalue weighted by Gasteiger charge is -2.06. The first-order valence-electron chi connectivity index (χ1n) is 7.52. The molecule has 26 heavy (non-hydrogen) atoms. The molecule has 6 nitrogen and oxygen atoms in total. The molecule has 0 aliphatic carbocycles. The molecule has 0 amide bonds. The molecular formula is C17H11F3N4O2. The van der Waals surface area contributed by atoms with Crippen LogP contribution in [0.25, 0.3) is 5.65 Å². The number of rotatable bonds is 4. The molecule has 0 fully saturated rings. The van der Waals surface area contributed by atoms with Crippen molar-refractivity contribution in [3.8, 4) is 6.07 Å². The first kappa shape index (κ1) is 17.4. The van der Waals surface area contributed by atoms with E-state index in [9.17, 15) is 18.0 Å². The summed E-state index contributed by atoms with van der Waals surface area (Å²) in [5.41, 5.74) is 0.119. The maximum absolute atomic E-state index is 13.9. The minimum Gasteiger partial charge on any atom is -0.461 e. The third-order valence-corrected chi connectivity index (χ3v) is 3.55. The van der Waals surface area contributed by atoms with Gasteiger partial charge in [-0.2, -0.15) is 5.26 Å². The number of carbonyl (C=O) groups is 1. The lowest BCUT2D eigenvalue weighted by Crippen LogP contribution is -2.05. The first-order valence-corrected chi connectivity index (χ1v) is 7.52. The van der Waals surface area contributed by atoms with Gasteiger partial charge in [-0.3, -0.25) is 0 Å². The van der Waals surface area contributed by atoms with Crippen molar-refractivity contribution in [1.82, 2.24) is 14.4 Å². The number of hydrogen-bond donors (Lipinski definition) is 0. The van der Waals surface area contributed by atoms with Gasteiger partial charge in [0.15, 0.2) is 28.7 Å². The largest absolute Gasteiger partial charge is 0.461 e. The summed E-state index contributed by atoms with van der Waals surface area (Å²) in [6.45, 7) is 1.79. The summed E-state index contributed by atoms with van der Waals surface area (Å²) in [5.74, 6) is -4.13. The Bertz CT molecular complexity index is 1060. The lowest BCUT2D eigenvalue weighted by molar-refractivity contribution is 0.0520. The van der Waals surface area contributed by atoms with Crippen LogP contribution >= 0.6 is 0 Å². The van der Waals surface area contributed by atoms with E-state index < -0.39 is 23.4 Å². The fourth-order valence-corrected chi connectivity index (χ4v) is 2.42. The molecule has 0 spiro atoms. The van der Waals surface area contributed by atoms with Gasteiger partial charge >= 0.3 is 5.97 Å². The summed E-state index contributed by atoms with van der Waals surface area (Å²) in [6, 6.07) is 3.00. The molecule has 2 aromatic heterocycles. The van der Waals surface area contributed by atoms with Crippen LogP contribution < -0.4 is 0 Å². The average Bonchev–Trinajstić information content (AvgIpc) is 3.04. The number of halogens is 3. The van der Waals surface area contributed by atoms with Crippen molar-refractivity contribution in [1.29, 1.82) is 5.26 Å². The second-order valence-electron chi connectivity index (χ2n) is 5.30. The quantitative estimate of drug-likeness (QED) is 0.528. The van der Waals surface area contributed by atoms with Crippen LogP contribution in [0.15, 0.2) is 24.5 Å². The highest BCUT2D eigenvalue weighted by Gasteiger charge is 2.18. The van der Waals surface area contributed by atoms with Crippen LogP contribution in [-0.4, -0.2) is 26.9 Å². The minimum absolute atomic E-state index is 0.0108. The number of nitrogens with zero attached hydrogens (tertiary/aromatic N) is 4. The van der Waals surface area contributed by atoms with Gasteiger partial charge in [-0.1, -0.05) is 0 Å². The Balaban J connectivity index is 2.11. The molecule has 0 saturated carbocycles. The van der Waals surface area contributed by atoms with Crippen molar-refractivity contribution < 1.29 is 22.7 Å². The van der Waals surface area contributed by atoms with Crippen molar-refractivity contribution in [2.45, 2.75) is 13.3 Å². The summed E-state index contributed by atoms with van der Waals surface area (Å²) < 4.78 is 46.7. The van der Waals surface area contributed by atoms with Crippen molar-refractivity contribution in [3.63, 3.8) is 0 Å². The Labute approximate surface area is 145 Å². The van der Waals surface area contributed by atoms with Gasteiger partial charge in [0, 0.05) is 24.9 Å². The zero-order valence-corrected chi connectivity index (χ0v) is 13.5. The van der Waals surface area contributed by atoms with E-state index in [1.165, 1.54) is 16.8 Å². The number of aromatic nitrogens is 3. The van der Waals surface area contributed by atoms with Gasteiger partial charge < -0.3 is 9.14 Å². The topological polar surface area (TPSA) is 80.3 Å². The predicted octanol–water partition coefficient (Wildman–Crippen LogP) is 2.79. The summed E-state index contributed by atoms with van der Waals surface area (Å²) in [6.07, 6.45) is 2.44. The Morgan fingerprint density at radius 2 is 1.92 bits per heavy atom. The van der Waals surface area contributed by atoms with E-state index in [0.29, 0.717) is 6.07 Å². The number of hydrogen-bond acceptors (Lipinski definition) is 5. The first-order chi connectivity index (χ1) is 12.4. The summed E-state index contributed by atoms with van der Waals surface area (Å²) in [4.78, 5) is 20.0. The van der Waals surface area contributed by atoms with Crippen LogP contribution in [0.3, 0.4) is 0 Å². The van der Waals surface area contributed by atoms with E-state index >= 15 is 0 Å². The zero-order chi connectivity index (χ0) is 18.8. The van der Waals surface area contributed by atoms with Crippen molar-refractivity contribution in [2.24, 2.45) is 0 Å². The van der Waals surface area contributed by atoms with Crippen LogP contribution in [0.1, 0.15) is 34.4 Å². The van der Waals surface area contributed by atoms with Crippen LogP contribution in [-0.2, 0) is 11.2 Å². The van der Waals surface area contributed by atoms with E-state index in [1.54, 1.807) is 6.92 Å². The predicted molar refractivity (Wildman–Crippen MR) is 82.8 cm³/mol. The van der Waals surface area contributed by atoms with Crippen molar-refractivity contribution >= 4 is 11.6 Å².